The number of hydrogen-bond acceptors (Lipinski definition) is 2. The molecule has 3 N–H and O–H groups in total. The van der Waals surface area contributed by atoms with Crippen LogP contribution in [0.3, 0.4) is 0 Å². The van der Waals surface area contributed by atoms with Gasteiger partial charge < -0.3 is 11.1 Å². The van der Waals surface area contributed by atoms with Crippen molar-refractivity contribution in [2.75, 3.05) is 0 Å². The second kappa shape index (κ2) is 2.74. The van der Waals surface area contributed by atoms with E-state index in [9.17, 15) is 9.59 Å². The predicted octanol–water partition coefficient (Wildman–Crippen LogP) is 1.05. The summed E-state index contributed by atoms with van der Waals surface area (Å²) in [5, 5.41) is 2.59. The number of ketones is 1. The van der Waals surface area contributed by atoms with Crippen LogP contribution in [0.2, 0.25) is 0 Å². The molecule has 4 heteroatoms. The van der Waals surface area contributed by atoms with Gasteiger partial charge in [-0.05, 0) is 24.2 Å². The molecular weight excluding hydrogens is 192 g/mol. The van der Waals surface area contributed by atoms with Gasteiger partial charge in [0.05, 0.1) is 6.04 Å². The first kappa shape index (κ1) is 10.5. The van der Waals surface area contributed by atoms with E-state index in [4.69, 9.17) is 5.73 Å². The van der Waals surface area contributed by atoms with Gasteiger partial charge in [-0.2, -0.15) is 0 Å². The Morgan fingerprint density at radius 2 is 2.07 bits per heavy atom. The molecule has 2 bridgehead atoms. The number of nitrogens with two attached hydrogens (primary N) is 1. The van der Waals surface area contributed by atoms with Crippen molar-refractivity contribution in [3.63, 3.8) is 0 Å². The average molecular weight is 210 g/mol. The van der Waals surface area contributed by atoms with E-state index in [2.05, 4.69) is 19.2 Å². The molecule has 0 aromatic carbocycles. The fourth-order valence-corrected chi connectivity index (χ4v) is 3.41. The molecular formula is C11H18N2O2. The molecule has 2 saturated carbocycles. The van der Waals surface area contributed by atoms with Crippen molar-refractivity contribution in [3.8, 4) is 0 Å². The second-order valence-electron chi connectivity index (χ2n) is 5.55. The van der Waals surface area contributed by atoms with Crippen LogP contribution in [0, 0.1) is 16.7 Å². The summed E-state index contributed by atoms with van der Waals surface area (Å²) in [4.78, 5) is 23.0. The first-order chi connectivity index (χ1) is 6.80. The minimum absolute atomic E-state index is 0.0306. The minimum Gasteiger partial charge on any atom is -0.352 e. The molecule has 0 radical (unpaired) electrons. The number of hydrogen-bond donors (Lipinski definition) is 2. The molecule has 0 saturated heterocycles. The Morgan fingerprint density at radius 1 is 1.47 bits per heavy atom. The van der Waals surface area contributed by atoms with E-state index in [-0.39, 0.29) is 28.6 Å². The van der Waals surface area contributed by atoms with Crippen molar-refractivity contribution in [3.05, 3.63) is 0 Å². The Hall–Kier alpha value is -1.06. The van der Waals surface area contributed by atoms with Crippen LogP contribution in [0.1, 0.15) is 33.6 Å². The maximum absolute atomic E-state index is 12.2. The van der Waals surface area contributed by atoms with Gasteiger partial charge in [0.15, 0.2) is 5.78 Å². The average Bonchev–Trinajstić information content (AvgIpc) is 2.40. The Labute approximate surface area is 89.6 Å². The van der Waals surface area contributed by atoms with Crippen molar-refractivity contribution in [2.24, 2.45) is 22.5 Å². The van der Waals surface area contributed by atoms with E-state index >= 15 is 0 Å². The molecule has 2 aliphatic carbocycles. The van der Waals surface area contributed by atoms with E-state index < -0.39 is 6.03 Å². The number of nitrogens with one attached hydrogen (secondary N) is 1. The molecule has 2 fully saturated rings. The smallest absolute Gasteiger partial charge is 0.312 e. The van der Waals surface area contributed by atoms with Crippen LogP contribution in [-0.2, 0) is 4.79 Å². The topological polar surface area (TPSA) is 72.2 Å². The van der Waals surface area contributed by atoms with Gasteiger partial charge in [-0.3, -0.25) is 4.79 Å². The first-order valence-corrected chi connectivity index (χ1v) is 5.41. The lowest BCUT2D eigenvalue weighted by Gasteiger charge is -2.32. The molecule has 0 unspecified atom stereocenters. The third-order valence-corrected chi connectivity index (χ3v) is 4.83. The SMILES string of the molecule is CC1(C)[C@@H]2CC[C@@]1(C)C(=O)[C@@H]2NC(N)=O. The second-order valence-corrected chi connectivity index (χ2v) is 5.55. The normalized spacial score (nSPS) is 41.9. The number of primary amides is 1. The maximum Gasteiger partial charge on any atom is 0.312 e. The third kappa shape index (κ3) is 1.08. The zero-order valence-electron chi connectivity index (χ0n) is 9.46. The Balaban J connectivity index is 2.34. The Kier molecular flexibility index (Phi) is 1.91. The van der Waals surface area contributed by atoms with Gasteiger partial charge in [0.1, 0.15) is 0 Å². The first-order valence-electron chi connectivity index (χ1n) is 5.41. The standard InChI is InChI=1S/C11H18N2O2/c1-10(2)6-4-5-11(10,3)8(14)7(6)13-9(12)15/h6-7H,4-5H2,1-3H3,(H3,12,13,15)/t6-,7-,11+/m1/s1. The van der Waals surface area contributed by atoms with Crippen molar-refractivity contribution in [1.82, 2.24) is 5.32 Å². The van der Waals surface area contributed by atoms with Crippen LogP contribution >= 0.6 is 0 Å². The van der Waals surface area contributed by atoms with Crippen LogP contribution < -0.4 is 11.1 Å². The summed E-state index contributed by atoms with van der Waals surface area (Å²) in [7, 11) is 0. The molecule has 2 amide bonds. The summed E-state index contributed by atoms with van der Waals surface area (Å²) >= 11 is 0. The highest BCUT2D eigenvalue weighted by molar-refractivity contribution is 5.96. The molecule has 15 heavy (non-hydrogen) atoms. The predicted molar refractivity (Wildman–Crippen MR) is 56.1 cm³/mol. The number of carbonyl (C=O) groups excluding carboxylic acids is 2. The third-order valence-electron chi connectivity index (χ3n) is 4.83. The van der Waals surface area contributed by atoms with Gasteiger partial charge in [-0.25, -0.2) is 4.79 Å². The lowest BCUT2D eigenvalue weighted by Crippen LogP contribution is -2.48. The zero-order chi connectivity index (χ0) is 11.4. The van der Waals surface area contributed by atoms with Gasteiger partial charge >= 0.3 is 6.03 Å². The number of carbonyl (C=O) groups is 2. The molecule has 4 nitrogen and oxygen atoms in total. The molecule has 0 aliphatic heterocycles. The molecule has 0 aromatic rings. The summed E-state index contributed by atoms with van der Waals surface area (Å²) < 4.78 is 0. The van der Waals surface area contributed by atoms with Gasteiger partial charge in [0.25, 0.3) is 0 Å². The van der Waals surface area contributed by atoms with Crippen LogP contribution in [0.25, 0.3) is 0 Å². The molecule has 84 valence electrons. The molecule has 2 aliphatic rings. The van der Waals surface area contributed by atoms with Crippen LogP contribution in [0.5, 0.6) is 0 Å². The number of rotatable bonds is 1. The molecule has 0 aromatic heterocycles. The van der Waals surface area contributed by atoms with Crippen molar-refractivity contribution in [1.29, 1.82) is 0 Å². The quantitative estimate of drug-likeness (QED) is 0.679. The summed E-state index contributed by atoms with van der Waals surface area (Å²) in [6, 6.07) is -0.962. The fraction of sp³-hybridized carbons (Fsp3) is 0.818. The monoisotopic (exact) mass is 210 g/mol. The zero-order valence-corrected chi connectivity index (χ0v) is 9.46. The summed E-state index contributed by atoms with van der Waals surface area (Å²) in [5.74, 6) is 0.394. The van der Waals surface area contributed by atoms with Crippen molar-refractivity contribution >= 4 is 11.8 Å². The molecule has 2 rings (SSSR count). The van der Waals surface area contributed by atoms with E-state index in [1.54, 1.807) is 0 Å². The number of urea groups is 1. The van der Waals surface area contributed by atoms with Gasteiger partial charge in [-0.15, -0.1) is 0 Å². The van der Waals surface area contributed by atoms with Crippen LogP contribution in [0.4, 0.5) is 4.79 Å². The summed E-state index contributed by atoms with van der Waals surface area (Å²) in [5.41, 5.74) is 4.78. The van der Waals surface area contributed by atoms with Gasteiger partial charge in [0.2, 0.25) is 0 Å². The van der Waals surface area contributed by atoms with Gasteiger partial charge in [0, 0.05) is 5.41 Å². The van der Waals surface area contributed by atoms with E-state index in [1.807, 2.05) is 6.92 Å². The summed E-state index contributed by atoms with van der Waals surface area (Å²) in [6.07, 6.45) is 1.93. The minimum atomic E-state index is -0.597. The summed E-state index contributed by atoms with van der Waals surface area (Å²) in [6.45, 7) is 6.24. The van der Waals surface area contributed by atoms with Crippen molar-refractivity contribution in [2.45, 2.75) is 39.7 Å². The largest absolute Gasteiger partial charge is 0.352 e. The van der Waals surface area contributed by atoms with E-state index in [0.29, 0.717) is 0 Å². The highest BCUT2D eigenvalue weighted by Gasteiger charge is 2.66. The fourth-order valence-electron chi connectivity index (χ4n) is 3.41. The molecule has 3 atom stereocenters. The highest BCUT2D eigenvalue weighted by Crippen LogP contribution is 2.63. The Morgan fingerprint density at radius 3 is 2.47 bits per heavy atom. The van der Waals surface area contributed by atoms with E-state index in [1.165, 1.54) is 0 Å². The molecule has 0 spiro atoms. The lowest BCUT2D eigenvalue weighted by atomic mass is 9.70. The van der Waals surface area contributed by atoms with Crippen LogP contribution in [-0.4, -0.2) is 17.9 Å². The number of Topliss-reactive ketones (excluding diaryl/α,β-unsaturated/α-hetero) is 1. The number of amides is 2. The lowest BCUT2D eigenvalue weighted by molar-refractivity contribution is -0.129. The highest BCUT2D eigenvalue weighted by atomic mass is 16.2. The van der Waals surface area contributed by atoms with Crippen molar-refractivity contribution < 1.29 is 9.59 Å². The maximum atomic E-state index is 12.2. The number of fused-ring (bicyclic) bond motifs is 2. The molecule has 0 heterocycles. The van der Waals surface area contributed by atoms with E-state index in [0.717, 1.165) is 12.8 Å². The van der Waals surface area contributed by atoms with Crippen LogP contribution in [0.15, 0.2) is 0 Å². The van der Waals surface area contributed by atoms with Gasteiger partial charge in [-0.1, -0.05) is 20.8 Å². The Bertz CT molecular complexity index is 337.